The highest BCUT2D eigenvalue weighted by Gasteiger charge is 2.23. The van der Waals surface area contributed by atoms with Crippen molar-refractivity contribution in [1.82, 2.24) is 0 Å². The lowest BCUT2D eigenvalue weighted by Crippen LogP contribution is -2.02. The van der Waals surface area contributed by atoms with Gasteiger partial charge in [-0.15, -0.1) is 0 Å². The number of hydrogen-bond acceptors (Lipinski definition) is 4. The summed E-state index contributed by atoms with van der Waals surface area (Å²) in [6, 6.07) is 5.65. The lowest BCUT2D eigenvalue weighted by Gasteiger charge is -2.15. The van der Waals surface area contributed by atoms with Crippen LogP contribution in [0.2, 0.25) is 0 Å². The first-order chi connectivity index (χ1) is 7.36. The van der Waals surface area contributed by atoms with Gasteiger partial charge in [0.05, 0.1) is 33.0 Å². The van der Waals surface area contributed by atoms with Crippen molar-refractivity contribution in [3.63, 3.8) is 0 Å². The Morgan fingerprint density at radius 3 is 2.47 bits per heavy atom. The average Bonchev–Trinajstić information content (AvgIpc) is 2.81. The van der Waals surface area contributed by atoms with Crippen molar-refractivity contribution in [3.05, 3.63) is 23.8 Å². The van der Waals surface area contributed by atoms with E-state index in [2.05, 4.69) is 0 Å². The van der Waals surface area contributed by atoms with Crippen LogP contribution in [0.1, 0.15) is 11.9 Å². The maximum absolute atomic E-state index is 5.42. The summed E-state index contributed by atoms with van der Waals surface area (Å²) < 4.78 is 21.3. The van der Waals surface area contributed by atoms with Gasteiger partial charge in [0.2, 0.25) is 0 Å². The molecule has 0 aliphatic carbocycles. The van der Waals surface area contributed by atoms with E-state index < -0.39 is 0 Å². The van der Waals surface area contributed by atoms with E-state index in [1.165, 1.54) is 0 Å². The minimum absolute atomic E-state index is 0.338. The Bertz CT molecular complexity index is 331. The molecule has 0 bridgehead atoms. The van der Waals surface area contributed by atoms with Gasteiger partial charge in [-0.05, 0) is 12.1 Å². The van der Waals surface area contributed by atoms with Crippen molar-refractivity contribution in [2.75, 3.05) is 27.4 Å². The van der Waals surface area contributed by atoms with Crippen molar-refractivity contribution >= 4 is 0 Å². The Morgan fingerprint density at radius 2 is 1.87 bits per heavy atom. The lowest BCUT2D eigenvalue weighted by atomic mass is 10.2. The van der Waals surface area contributed by atoms with Crippen molar-refractivity contribution < 1.29 is 18.9 Å². The summed E-state index contributed by atoms with van der Waals surface area (Å²) >= 11 is 0. The maximum Gasteiger partial charge on any atom is 0.187 e. The molecule has 0 unspecified atom stereocenters. The van der Waals surface area contributed by atoms with E-state index in [0.717, 1.165) is 5.56 Å². The third-order valence-corrected chi connectivity index (χ3v) is 2.31. The highest BCUT2D eigenvalue weighted by atomic mass is 16.7. The zero-order chi connectivity index (χ0) is 10.7. The van der Waals surface area contributed by atoms with E-state index in [4.69, 9.17) is 18.9 Å². The summed E-state index contributed by atoms with van der Waals surface area (Å²) in [7, 11) is 3.22. The van der Waals surface area contributed by atoms with Gasteiger partial charge in [0.1, 0.15) is 0 Å². The van der Waals surface area contributed by atoms with Crippen LogP contribution in [0.4, 0.5) is 0 Å². The molecule has 82 valence electrons. The summed E-state index contributed by atoms with van der Waals surface area (Å²) in [6.07, 6.45) is -0.338. The Morgan fingerprint density at radius 1 is 1.13 bits per heavy atom. The summed E-state index contributed by atoms with van der Waals surface area (Å²) in [4.78, 5) is 0. The molecule has 2 rings (SSSR count). The second kappa shape index (κ2) is 4.51. The lowest BCUT2D eigenvalue weighted by molar-refractivity contribution is -0.0456. The highest BCUT2D eigenvalue weighted by molar-refractivity contribution is 5.47. The Hall–Kier alpha value is -1.26. The highest BCUT2D eigenvalue weighted by Crippen LogP contribution is 2.37. The monoisotopic (exact) mass is 210 g/mol. The van der Waals surface area contributed by atoms with Crippen LogP contribution in [0.15, 0.2) is 18.2 Å². The molecule has 0 saturated carbocycles. The van der Waals surface area contributed by atoms with E-state index in [0.29, 0.717) is 24.7 Å². The molecular formula is C11H14O4. The quantitative estimate of drug-likeness (QED) is 0.761. The molecule has 0 amide bonds. The molecule has 0 aromatic heterocycles. The smallest absolute Gasteiger partial charge is 0.187 e. The largest absolute Gasteiger partial charge is 0.493 e. The van der Waals surface area contributed by atoms with Gasteiger partial charge in [-0.3, -0.25) is 0 Å². The van der Waals surface area contributed by atoms with Crippen LogP contribution in [0.5, 0.6) is 11.5 Å². The fourth-order valence-corrected chi connectivity index (χ4v) is 1.64. The van der Waals surface area contributed by atoms with Crippen LogP contribution in [0, 0.1) is 0 Å². The molecule has 0 radical (unpaired) electrons. The fraction of sp³-hybridized carbons (Fsp3) is 0.455. The summed E-state index contributed by atoms with van der Waals surface area (Å²) in [5.74, 6) is 1.36. The van der Waals surface area contributed by atoms with Crippen molar-refractivity contribution in [2.45, 2.75) is 6.29 Å². The van der Waals surface area contributed by atoms with Gasteiger partial charge in [0, 0.05) is 0 Å². The topological polar surface area (TPSA) is 36.9 Å². The zero-order valence-corrected chi connectivity index (χ0v) is 8.86. The van der Waals surface area contributed by atoms with Gasteiger partial charge in [0.15, 0.2) is 17.8 Å². The number of hydrogen-bond donors (Lipinski definition) is 0. The van der Waals surface area contributed by atoms with Gasteiger partial charge in [-0.1, -0.05) is 6.07 Å². The van der Waals surface area contributed by atoms with Crippen LogP contribution in [-0.4, -0.2) is 27.4 Å². The molecule has 1 fully saturated rings. The molecule has 0 N–H and O–H groups in total. The van der Waals surface area contributed by atoms with E-state index >= 15 is 0 Å². The predicted octanol–water partition coefficient (Wildman–Crippen LogP) is 1.75. The van der Waals surface area contributed by atoms with E-state index in [1.807, 2.05) is 18.2 Å². The minimum Gasteiger partial charge on any atom is -0.493 e. The van der Waals surface area contributed by atoms with Crippen LogP contribution < -0.4 is 9.47 Å². The van der Waals surface area contributed by atoms with Gasteiger partial charge in [-0.25, -0.2) is 0 Å². The number of rotatable bonds is 3. The van der Waals surface area contributed by atoms with Gasteiger partial charge >= 0.3 is 0 Å². The maximum atomic E-state index is 5.42. The summed E-state index contributed by atoms with van der Waals surface area (Å²) in [5.41, 5.74) is 0.870. The van der Waals surface area contributed by atoms with Crippen molar-refractivity contribution in [1.29, 1.82) is 0 Å². The van der Waals surface area contributed by atoms with E-state index in [-0.39, 0.29) is 6.29 Å². The van der Waals surface area contributed by atoms with Crippen LogP contribution in [0.25, 0.3) is 0 Å². The molecule has 1 saturated heterocycles. The molecule has 1 aliphatic heterocycles. The zero-order valence-electron chi connectivity index (χ0n) is 8.86. The number of benzene rings is 1. The predicted molar refractivity (Wildman–Crippen MR) is 54.2 cm³/mol. The van der Waals surface area contributed by atoms with Gasteiger partial charge < -0.3 is 18.9 Å². The number of ether oxygens (including phenoxy) is 4. The molecule has 4 heteroatoms. The Kier molecular flexibility index (Phi) is 3.08. The third-order valence-electron chi connectivity index (χ3n) is 2.31. The number of methoxy groups -OCH3 is 2. The standard InChI is InChI=1S/C11H14O4/c1-12-9-5-3-4-8(10(9)13-2)11-14-6-7-15-11/h3-5,11H,6-7H2,1-2H3. The first-order valence-electron chi connectivity index (χ1n) is 4.81. The molecule has 1 heterocycles. The van der Waals surface area contributed by atoms with Crippen molar-refractivity contribution in [3.8, 4) is 11.5 Å². The first kappa shape index (κ1) is 10.3. The second-order valence-corrected chi connectivity index (χ2v) is 3.16. The summed E-state index contributed by atoms with van der Waals surface area (Å²) in [6.45, 7) is 1.23. The molecule has 0 atom stereocenters. The van der Waals surface area contributed by atoms with Gasteiger partial charge in [0.25, 0.3) is 0 Å². The first-order valence-corrected chi connectivity index (χ1v) is 4.81. The van der Waals surface area contributed by atoms with E-state index in [1.54, 1.807) is 14.2 Å². The third kappa shape index (κ3) is 1.91. The molecular weight excluding hydrogens is 196 g/mol. The fourth-order valence-electron chi connectivity index (χ4n) is 1.64. The Labute approximate surface area is 88.7 Å². The van der Waals surface area contributed by atoms with Crippen LogP contribution >= 0.6 is 0 Å². The SMILES string of the molecule is COc1cccc(C2OCCO2)c1OC. The molecule has 15 heavy (non-hydrogen) atoms. The Balaban J connectivity index is 2.36. The molecule has 1 aliphatic rings. The molecule has 4 nitrogen and oxygen atoms in total. The summed E-state index contributed by atoms with van der Waals surface area (Å²) in [5, 5.41) is 0. The minimum atomic E-state index is -0.338. The average molecular weight is 210 g/mol. The normalized spacial score (nSPS) is 16.7. The van der Waals surface area contributed by atoms with Crippen molar-refractivity contribution in [2.24, 2.45) is 0 Å². The van der Waals surface area contributed by atoms with Gasteiger partial charge in [-0.2, -0.15) is 0 Å². The van der Waals surface area contributed by atoms with E-state index in [9.17, 15) is 0 Å². The number of para-hydroxylation sites is 1. The molecule has 0 spiro atoms. The van der Waals surface area contributed by atoms with Crippen LogP contribution in [0.3, 0.4) is 0 Å². The van der Waals surface area contributed by atoms with Crippen LogP contribution in [-0.2, 0) is 9.47 Å². The molecule has 1 aromatic carbocycles. The molecule has 1 aromatic rings. The second-order valence-electron chi connectivity index (χ2n) is 3.16.